The van der Waals surface area contributed by atoms with Gasteiger partial charge in [0.2, 0.25) is 0 Å². The van der Waals surface area contributed by atoms with E-state index >= 15 is 0 Å². The third-order valence-electron chi connectivity index (χ3n) is 2.47. The van der Waals surface area contributed by atoms with Gasteiger partial charge in [-0.2, -0.15) is 0 Å². The summed E-state index contributed by atoms with van der Waals surface area (Å²) in [7, 11) is 0. The lowest BCUT2D eigenvalue weighted by Crippen LogP contribution is -2.26. The molecule has 0 spiro atoms. The first-order valence-electron chi connectivity index (χ1n) is 5.09. The van der Waals surface area contributed by atoms with E-state index in [2.05, 4.69) is 32.9 Å². The molecule has 14 heavy (non-hydrogen) atoms. The summed E-state index contributed by atoms with van der Waals surface area (Å²) in [5.41, 5.74) is 8.31. The van der Waals surface area contributed by atoms with E-state index in [9.17, 15) is 0 Å². The quantitative estimate of drug-likeness (QED) is 0.797. The van der Waals surface area contributed by atoms with Crippen LogP contribution >= 0.6 is 0 Å². The Morgan fingerprint density at radius 2 is 2.00 bits per heavy atom. The van der Waals surface area contributed by atoms with Crippen molar-refractivity contribution in [2.75, 3.05) is 6.61 Å². The molecule has 0 aliphatic rings. The summed E-state index contributed by atoms with van der Waals surface area (Å²) in [5, 5.41) is 0. The summed E-state index contributed by atoms with van der Waals surface area (Å²) in [6, 6.07) is 6.25. The minimum Gasteiger partial charge on any atom is -0.492 e. The van der Waals surface area contributed by atoms with Crippen molar-refractivity contribution in [2.24, 2.45) is 5.73 Å². The van der Waals surface area contributed by atoms with Crippen LogP contribution in [0.2, 0.25) is 0 Å². The topological polar surface area (TPSA) is 35.2 Å². The highest BCUT2D eigenvalue weighted by Crippen LogP contribution is 2.16. The van der Waals surface area contributed by atoms with Gasteiger partial charge in [-0.15, -0.1) is 0 Å². The second-order valence-corrected chi connectivity index (χ2v) is 3.73. The minimum atomic E-state index is 0.136. The second-order valence-electron chi connectivity index (χ2n) is 3.73. The smallest absolute Gasteiger partial charge is 0.119 e. The van der Waals surface area contributed by atoms with Gasteiger partial charge in [-0.25, -0.2) is 0 Å². The summed E-state index contributed by atoms with van der Waals surface area (Å²) < 4.78 is 5.57. The average Bonchev–Trinajstić information content (AvgIpc) is 2.19. The minimum absolute atomic E-state index is 0.136. The van der Waals surface area contributed by atoms with Gasteiger partial charge in [0.05, 0.1) is 0 Å². The lowest BCUT2D eigenvalue weighted by Gasteiger charge is -2.12. The van der Waals surface area contributed by atoms with E-state index in [1.54, 1.807) is 0 Å². The summed E-state index contributed by atoms with van der Waals surface area (Å²) in [6.07, 6.45) is 0.949. The van der Waals surface area contributed by atoms with E-state index in [-0.39, 0.29) is 6.04 Å². The lowest BCUT2D eigenvalue weighted by molar-refractivity contribution is 0.285. The van der Waals surface area contributed by atoms with Crippen LogP contribution in [0.1, 0.15) is 24.5 Å². The van der Waals surface area contributed by atoms with Crippen LogP contribution < -0.4 is 10.5 Å². The van der Waals surface area contributed by atoms with E-state index in [1.807, 2.05) is 6.07 Å². The molecule has 1 atom stereocenters. The van der Waals surface area contributed by atoms with Crippen molar-refractivity contribution in [3.05, 3.63) is 29.3 Å². The number of rotatable bonds is 4. The van der Waals surface area contributed by atoms with Gasteiger partial charge in [-0.3, -0.25) is 0 Å². The fourth-order valence-electron chi connectivity index (χ4n) is 1.12. The van der Waals surface area contributed by atoms with Crippen LogP contribution in [0.3, 0.4) is 0 Å². The molecule has 0 fully saturated rings. The molecule has 0 aromatic heterocycles. The van der Waals surface area contributed by atoms with Gasteiger partial charge in [0, 0.05) is 6.04 Å². The maximum atomic E-state index is 5.76. The van der Waals surface area contributed by atoms with Crippen molar-refractivity contribution in [1.29, 1.82) is 0 Å². The molecule has 2 N–H and O–H groups in total. The molecule has 0 amide bonds. The third kappa shape index (κ3) is 3.04. The van der Waals surface area contributed by atoms with Gasteiger partial charge in [0.15, 0.2) is 0 Å². The SMILES string of the molecule is CCC(N)COc1ccc(C)c(C)c1. The van der Waals surface area contributed by atoms with Crippen molar-refractivity contribution >= 4 is 0 Å². The number of hydrogen-bond donors (Lipinski definition) is 1. The molecule has 1 rings (SSSR count). The van der Waals surface area contributed by atoms with Crippen molar-refractivity contribution < 1.29 is 4.74 Å². The van der Waals surface area contributed by atoms with Gasteiger partial charge >= 0.3 is 0 Å². The summed E-state index contributed by atoms with van der Waals surface area (Å²) in [4.78, 5) is 0. The Bertz CT molecular complexity index is 296. The largest absolute Gasteiger partial charge is 0.492 e. The van der Waals surface area contributed by atoms with Crippen LogP contribution in [0.15, 0.2) is 18.2 Å². The molecule has 2 heteroatoms. The van der Waals surface area contributed by atoms with E-state index in [0.717, 1.165) is 12.2 Å². The summed E-state index contributed by atoms with van der Waals surface area (Å²) in [6.45, 7) is 6.84. The van der Waals surface area contributed by atoms with Crippen LogP contribution in [0, 0.1) is 13.8 Å². The van der Waals surface area contributed by atoms with Gasteiger partial charge in [0.25, 0.3) is 0 Å². The standard InChI is InChI=1S/C12H19NO/c1-4-11(13)8-14-12-6-5-9(2)10(3)7-12/h5-7,11H,4,8,13H2,1-3H3. The van der Waals surface area contributed by atoms with Crippen molar-refractivity contribution in [2.45, 2.75) is 33.2 Å². The van der Waals surface area contributed by atoms with Gasteiger partial charge in [-0.05, 0) is 43.5 Å². The van der Waals surface area contributed by atoms with Crippen LogP contribution in [0.5, 0.6) is 5.75 Å². The summed E-state index contributed by atoms with van der Waals surface area (Å²) in [5.74, 6) is 0.914. The van der Waals surface area contributed by atoms with Crippen LogP contribution in [0.4, 0.5) is 0 Å². The maximum Gasteiger partial charge on any atom is 0.119 e. The molecule has 0 bridgehead atoms. The van der Waals surface area contributed by atoms with E-state index < -0.39 is 0 Å². The Morgan fingerprint density at radius 3 is 2.57 bits per heavy atom. The highest BCUT2D eigenvalue weighted by Gasteiger charge is 2.01. The number of nitrogens with two attached hydrogens (primary N) is 1. The Morgan fingerprint density at radius 1 is 1.29 bits per heavy atom. The Kier molecular flexibility index (Phi) is 3.96. The number of benzene rings is 1. The lowest BCUT2D eigenvalue weighted by atomic mass is 10.1. The molecule has 1 aromatic carbocycles. The Labute approximate surface area is 86.1 Å². The molecule has 1 unspecified atom stereocenters. The van der Waals surface area contributed by atoms with E-state index in [4.69, 9.17) is 10.5 Å². The first-order valence-corrected chi connectivity index (χ1v) is 5.09. The number of ether oxygens (including phenoxy) is 1. The van der Waals surface area contributed by atoms with E-state index in [1.165, 1.54) is 11.1 Å². The predicted molar refractivity (Wildman–Crippen MR) is 59.7 cm³/mol. The van der Waals surface area contributed by atoms with Crippen LogP contribution in [-0.4, -0.2) is 12.6 Å². The van der Waals surface area contributed by atoms with Crippen LogP contribution in [-0.2, 0) is 0 Å². The van der Waals surface area contributed by atoms with Gasteiger partial charge in [-0.1, -0.05) is 13.0 Å². The zero-order valence-electron chi connectivity index (χ0n) is 9.21. The van der Waals surface area contributed by atoms with Gasteiger partial charge < -0.3 is 10.5 Å². The zero-order valence-corrected chi connectivity index (χ0v) is 9.21. The molecule has 2 nitrogen and oxygen atoms in total. The molecule has 0 aliphatic carbocycles. The molecule has 0 saturated heterocycles. The highest BCUT2D eigenvalue weighted by molar-refractivity contribution is 5.33. The molecular weight excluding hydrogens is 174 g/mol. The molecule has 0 heterocycles. The van der Waals surface area contributed by atoms with Crippen molar-refractivity contribution in [3.8, 4) is 5.75 Å². The first-order chi connectivity index (χ1) is 6.63. The molecule has 1 aromatic rings. The second kappa shape index (κ2) is 5.01. The van der Waals surface area contributed by atoms with Crippen molar-refractivity contribution in [3.63, 3.8) is 0 Å². The van der Waals surface area contributed by atoms with Crippen LogP contribution in [0.25, 0.3) is 0 Å². The molecule has 0 aliphatic heterocycles. The molecule has 0 saturated carbocycles. The molecule has 0 radical (unpaired) electrons. The third-order valence-corrected chi connectivity index (χ3v) is 2.47. The average molecular weight is 193 g/mol. The fraction of sp³-hybridized carbons (Fsp3) is 0.500. The number of aryl methyl sites for hydroxylation is 2. The Hall–Kier alpha value is -1.02. The fourth-order valence-corrected chi connectivity index (χ4v) is 1.12. The highest BCUT2D eigenvalue weighted by atomic mass is 16.5. The maximum absolute atomic E-state index is 5.76. The Balaban J connectivity index is 2.55. The summed E-state index contributed by atoms with van der Waals surface area (Å²) >= 11 is 0. The normalized spacial score (nSPS) is 12.6. The first kappa shape index (κ1) is 11.1. The number of hydrogen-bond acceptors (Lipinski definition) is 2. The monoisotopic (exact) mass is 193 g/mol. The molecule has 78 valence electrons. The van der Waals surface area contributed by atoms with Gasteiger partial charge in [0.1, 0.15) is 12.4 Å². The molecular formula is C12H19NO. The predicted octanol–water partition coefficient (Wildman–Crippen LogP) is 2.42. The van der Waals surface area contributed by atoms with Crippen molar-refractivity contribution in [1.82, 2.24) is 0 Å². The van der Waals surface area contributed by atoms with E-state index in [0.29, 0.717) is 6.61 Å². The zero-order chi connectivity index (χ0) is 10.6.